The van der Waals surface area contributed by atoms with Gasteiger partial charge < -0.3 is 4.98 Å². The summed E-state index contributed by atoms with van der Waals surface area (Å²) in [4.78, 5) is 3.28. The number of H-pyrrole nitrogens is 1. The Bertz CT molecular complexity index is 952. The molecule has 0 atom stereocenters. The first-order valence-corrected chi connectivity index (χ1v) is 7.64. The number of tetrazole rings is 1. The van der Waals surface area contributed by atoms with Crippen molar-refractivity contribution >= 4 is 26.8 Å². The third kappa shape index (κ3) is 2.12. The third-order valence-corrected chi connectivity index (χ3v) is 4.15. The van der Waals surface area contributed by atoms with Gasteiger partial charge in [-0.2, -0.15) is 4.68 Å². The minimum Gasteiger partial charge on any atom is -0.360 e. The van der Waals surface area contributed by atoms with E-state index in [1.165, 1.54) is 5.56 Å². The van der Waals surface area contributed by atoms with E-state index in [2.05, 4.69) is 61.6 Å². The van der Waals surface area contributed by atoms with E-state index in [-0.39, 0.29) is 0 Å². The molecule has 4 rings (SSSR count). The lowest BCUT2D eigenvalue weighted by Crippen LogP contribution is -1.99. The molecule has 0 fully saturated rings. The Morgan fingerprint density at radius 1 is 1.09 bits per heavy atom. The van der Waals surface area contributed by atoms with Gasteiger partial charge >= 0.3 is 0 Å². The highest BCUT2D eigenvalue weighted by molar-refractivity contribution is 9.10. The van der Waals surface area contributed by atoms with Crippen molar-refractivity contribution in [1.29, 1.82) is 0 Å². The Hall–Kier alpha value is -2.47. The molecule has 0 aliphatic rings. The quantitative estimate of drug-likeness (QED) is 0.594. The molecule has 2 aromatic carbocycles. The van der Waals surface area contributed by atoms with E-state index >= 15 is 0 Å². The lowest BCUT2D eigenvalue weighted by Gasteiger charge is -2.04. The minimum atomic E-state index is 0.721. The summed E-state index contributed by atoms with van der Waals surface area (Å²) in [5.41, 5.74) is 4.19. The molecule has 2 heterocycles. The standard InChI is InChI=1S/C16H12BrN5/c1-10-2-7-15-13(8-10)14(9-18-15)16-19-20-21-22(16)12-5-3-11(17)4-6-12/h2-9,18H,1H3. The summed E-state index contributed by atoms with van der Waals surface area (Å²) in [6.07, 6.45) is 1.95. The Morgan fingerprint density at radius 2 is 1.91 bits per heavy atom. The van der Waals surface area contributed by atoms with Gasteiger partial charge in [-0.15, -0.1) is 5.10 Å². The Labute approximate surface area is 135 Å². The number of fused-ring (bicyclic) bond motifs is 1. The average molecular weight is 354 g/mol. The first kappa shape index (κ1) is 13.2. The molecule has 1 N–H and O–H groups in total. The minimum absolute atomic E-state index is 0.721. The molecule has 2 aromatic heterocycles. The molecule has 0 unspecified atom stereocenters. The van der Waals surface area contributed by atoms with Gasteiger partial charge in [0.15, 0.2) is 5.82 Å². The van der Waals surface area contributed by atoms with Crippen LogP contribution in [0.3, 0.4) is 0 Å². The SMILES string of the molecule is Cc1ccc2[nH]cc(-c3nnnn3-c3ccc(Br)cc3)c2c1. The second-order valence-corrected chi connectivity index (χ2v) is 6.06. The molecular formula is C16H12BrN5. The van der Waals surface area contributed by atoms with Crippen LogP contribution in [0.2, 0.25) is 0 Å². The molecule has 0 bridgehead atoms. The topological polar surface area (TPSA) is 59.4 Å². The Morgan fingerprint density at radius 3 is 2.73 bits per heavy atom. The lowest BCUT2D eigenvalue weighted by molar-refractivity contribution is 0.791. The normalized spacial score (nSPS) is 11.2. The van der Waals surface area contributed by atoms with Gasteiger partial charge in [-0.3, -0.25) is 0 Å². The Balaban J connectivity index is 1.91. The first-order valence-electron chi connectivity index (χ1n) is 6.85. The van der Waals surface area contributed by atoms with Crippen molar-refractivity contribution in [2.75, 3.05) is 0 Å². The van der Waals surface area contributed by atoms with Crippen molar-refractivity contribution in [3.05, 3.63) is 58.7 Å². The van der Waals surface area contributed by atoms with Crippen LogP contribution >= 0.6 is 15.9 Å². The van der Waals surface area contributed by atoms with Gasteiger partial charge in [-0.05, 0) is 53.7 Å². The van der Waals surface area contributed by atoms with Crippen molar-refractivity contribution in [3.8, 4) is 17.1 Å². The van der Waals surface area contributed by atoms with Gasteiger partial charge in [-0.25, -0.2) is 0 Å². The molecule has 5 nitrogen and oxygen atoms in total. The highest BCUT2D eigenvalue weighted by Crippen LogP contribution is 2.29. The fourth-order valence-electron chi connectivity index (χ4n) is 2.53. The predicted octanol–water partition coefficient (Wildman–Crippen LogP) is 3.88. The van der Waals surface area contributed by atoms with E-state index in [4.69, 9.17) is 0 Å². The van der Waals surface area contributed by atoms with Crippen LogP contribution in [-0.4, -0.2) is 25.2 Å². The van der Waals surface area contributed by atoms with Crippen LogP contribution in [-0.2, 0) is 0 Å². The van der Waals surface area contributed by atoms with E-state index in [1.807, 2.05) is 30.5 Å². The highest BCUT2D eigenvalue weighted by atomic mass is 79.9. The number of aromatic amines is 1. The van der Waals surface area contributed by atoms with Crippen LogP contribution in [0.1, 0.15) is 5.56 Å². The number of nitrogens with one attached hydrogen (secondary N) is 1. The molecule has 0 aliphatic carbocycles. The number of hydrogen-bond donors (Lipinski definition) is 1. The van der Waals surface area contributed by atoms with E-state index in [0.717, 1.165) is 32.5 Å². The predicted molar refractivity (Wildman–Crippen MR) is 88.9 cm³/mol. The number of rotatable bonds is 2. The van der Waals surface area contributed by atoms with E-state index in [9.17, 15) is 0 Å². The zero-order valence-corrected chi connectivity index (χ0v) is 13.4. The van der Waals surface area contributed by atoms with Crippen LogP contribution in [0.25, 0.3) is 28.0 Å². The monoisotopic (exact) mass is 353 g/mol. The van der Waals surface area contributed by atoms with Crippen LogP contribution < -0.4 is 0 Å². The maximum absolute atomic E-state index is 4.21. The summed E-state index contributed by atoms with van der Waals surface area (Å²) in [5, 5.41) is 13.3. The van der Waals surface area contributed by atoms with Crippen molar-refractivity contribution in [3.63, 3.8) is 0 Å². The summed E-state index contributed by atoms with van der Waals surface area (Å²) in [6, 6.07) is 14.2. The molecule has 0 spiro atoms. The summed E-state index contributed by atoms with van der Waals surface area (Å²) in [5.74, 6) is 0.721. The van der Waals surface area contributed by atoms with E-state index < -0.39 is 0 Å². The molecule has 0 aliphatic heterocycles. The molecule has 6 heteroatoms. The van der Waals surface area contributed by atoms with Gasteiger partial charge in [0.2, 0.25) is 0 Å². The van der Waals surface area contributed by atoms with Gasteiger partial charge in [0, 0.05) is 27.1 Å². The fraction of sp³-hybridized carbons (Fsp3) is 0.0625. The second kappa shape index (κ2) is 5.06. The summed E-state index contributed by atoms with van der Waals surface area (Å²) in [6.45, 7) is 2.08. The average Bonchev–Trinajstić information content (AvgIpc) is 3.13. The number of aromatic nitrogens is 5. The molecule has 0 saturated heterocycles. The van der Waals surface area contributed by atoms with E-state index in [1.54, 1.807) is 4.68 Å². The Kier molecular flexibility index (Phi) is 3.04. The number of hydrogen-bond acceptors (Lipinski definition) is 3. The van der Waals surface area contributed by atoms with Crippen LogP contribution in [0.15, 0.2) is 53.1 Å². The highest BCUT2D eigenvalue weighted by Gasteiger charge is 2.15. The number of nitrogens with zero attached hydrogens (tertiary/aromatic N) is 4. The number of aryl methyl sites for hydroxylation is 1. The zero-order valence-electron chi connectivity index (χ0n) is 11.8. The summed E-state index contributed by atoms with van der Waals surface area (Å²) in [7, 11) is 0. The van der Waals surface area contributed by atoms with Crippen molar-refractivity contribution in [2.24, 2.45) is 0 Å². The van der Waals surface area contributed by atoms with Crippen molar-refractivity contribution < 1.29 is 0 Å². The van der Waals surface area contributed by atoms with Crippen molar-refractivity contribution in [1.82, 2.24) is 25.2 Å². The summed E-state index contributed by atoms with van der Waals surface area (Å²) >= 11 is 3.44. The third-order valence-electron chi connectivity index (χ3n) is 3.62. The van der Waals surface area contributed by atoms with Gasteiger partial charge in [0.25, 0.3) is 0 Å². The van der Waals surface area contributed by atoms with Crippen LogP contribution in [0, 0.1) is 6.92 Å². The molecule has 0 amide bonds. The maximum Gasteiger partial charge on any atom is 0.189 e. The number of halogens is 1. The lowest BCUT2D eigenvalue weighted by atomic mass is 10.1. The fourth-order valence-corrected chi connectivity index (χ4v) is 2.80. The smallest absolute Gasteiger partial charge is 0.189 e. The molecule has 0 radical (unpaired) electrons. The van der Waals surface area contributed by atoms with Gasteiger partial charge in [0.1, 0.15) is 0 Å². The van der Waals surface area contributed by atoms with E-state index in [0.29, 0.717) is 0 Å². The van der Waals surface area contributed by atoms with Gasteiger partial charge in [-0.1, -0.05) is 27.6 Å². The summed E-state index contributed by atoms with van der Waals surface area (Å²) < 4.78 is 2.77. The van der Waals surface area contributed by atoms with Crippen LogP contribution in [0.5, 0.6) is 0 Å². The molecule has 0 saturated carbocycles. The maximum atomic E-state index is 4.21. The zero-order chi connectivity index (χ0) is 15.1. The molecule has 108 valence electrons. The molecule has 4 aromatic rings. The first-order chi connectivity index (χ1) is 10.7. The molecular weight excluding hydrogens is 342 g/mol. The largest absolute Gasteiger partial charge is 0.360 e. The van der Waals surface area contributed by atoms with Gasteiger partial charge in [0.05, 0.1) is 5.69 Å². The number of benzene rings is 2. The second-order valence-electron chi connectivity index (χ2n) is 5.14. The molecule has 22 heavy (non-hydrogen) atoms. The van der Waals surface area contributed by atoms with Crippen molar-refractivity contribution in [2.45, 2.75) is 6.92 Å². The van der Waals surface area contributed by atoms with Crippen LogP contribution in [0.4, 0.5) is 0 Å².